The van der Waals surface area contributed by atoms with Gasteiger partial charge < -0.3 is 5.32 Å². The average Bonchev–Trinajstić information content (AvgIpc) is 2.29. The highest BCUT2D eigenvalue weighted by Gasteiger charge is 2.17. The van der Waals surface area contributed by atoms with Gasteiger partial charge in [-0.3, -0.25) is 0 Å². The number of hydrogen-bond acceptors (Lipinski definition) is 4. The van der Waals surface area contributed by atoms with Gasteiger partial charge in [-0.25, -0.2) is 17.7 Å². The fourth-order valence-corrected chi connectivity index (χ4v) is 1.94. The first-order valence-electron chi connectivity index (χ1n) is 4.99. The van der Waals surface area contributed by atoms with E-state index in [-0.39, 0.29) is 10.9 Å². The normalized spacial score (nSPS) is 13.1. The van der Waals surface area contributed by atoms with Crippen LogP contribution in [0.15, 0.2) is 23.2 Å². The molecule has 1 rings (SSSR count). The number of hydrogen-bond donors (Lipinski definition) is 1. The molecule has 0 radical (unpaired) electrons. The predicted molar refractivity (Wildman–Crippen MR) is 67.0 cm³/mol. The highest BCUT2D eigenvalue weighted by atomic mass is 32.2. The van der Waals surface area contributed by atoms with Gasteiger partial charge in [0.2, 0.25) is 10.0 Å². The van der Waals surface area contributed by atoms with E-state index in [2.05, 4.69) is 16.2 Å². The van der Waals surface area contributed by atoms with Gasteiger partial charge in [-0.2, -0.15) is 0 Å². The lowest BCUT2D eigenvalue weighted by molar-refractivity contribution is 0.520. The molecule has 1 N–H and O–H groups in total. The molecule has 0 fully saturated rings. The van der Waals surface area contributed by atoms with E-state index in [1.165, 1.54) is 26.4 Å². The topological polar surface area (TPSA) is 62.3 Å². The molecule has 1 heterocycles. The van der Waals surface area contributed by atoms with Crippen LogP contribution in [0, 0.1) is 12.3 Å². The maximum Gasteiger partial charge on any atom is 0.244 e. The standard InChI is InChI=1S/C11H15N3O2S/c1-5-9(2)13-11-7-6-10(8-12-11)17(15,16)14(3)4/h1,6-9H,2-4H3,(H,12,13). The second kappa shape index (κ2) is 5.17. The Hall–Kier alpha value is -1.58. The lowest BCUT2D eigenvalue weighted by Crippen LogP contribution is -2.22. The van der Waals surface area contributed by atoms with Gasteiger partial charge >= 0.3 is 0 Å². The van der Waals surface area contributed by atoms with Crippen LogP contribution in [0.25, 0.3) is 0 Å². The first-order chi connectivity index (χ1) is 7.87. The van der Waals surface area contributed by atoms with Crippen molar-refractivity contribution in [2.45, 2.75) is 17.9 Å². The molecular weight excluding hydrogens is 238 g/mol. The lowest BCUT2D eigenvalue weighted by atomic mass is 10.3. The molecule has 17 heavy (non-hydrogen) atoms. The predicted octanol–water partition coefficient (Wildman–Crippen LogP) is 0.765. The Labute approximate surface area is 102 Å². The van der Waals surface area contributed by atoms with Crippen LogP contribution < -0.4 is 5.32 Å². The SMILES string of the molecule is C#CC(C)Nc1ccc(S(=O)(=O)N(C)C)cn1. The van der Waals surface area contributed by atoms with Gasteiger partial charge in [-0.05, 0) is 19.1 Å². The van der Waals surface area contributed by atoms with Crippen molar-refractivity contribution < 1.29 is 8.42 Å². The van der Waals surface area contributed by atoms with E-state index in [4.69, 9.17) is 6.42 Å². The van der Waals surface area contributed by atoms with Crippen molar-refractivity contribution >= 4 is 15.8 Å². The Kier molecular flexibility index (Phi) is 4.10. The minimum absolute atomic E-state index is 0.154. The maximum atomic E-state index is 11.8. The van der Waals surface area contributed by atoms with Crippen molar-refractivity contribution in [1.82, 2.24) is 9.29 Å². The molecule has 0 amide bonds. The number of sulfonamides is 1. The van der Waals surface area contributed by atoms with Crippen LogP contribution in [-0.2, 0) is 10.0 Å². The summed E-state index contributed by atoms with van der Waals surface area (Å²) in [6.07, 6.45) is 6.52. The zero-order valence-electron chi connectivity index (χ0n) is 10.0. The average molecular weight is 253 g/mol. The molecule has 0 aliphatic rings. The molecule has 92 valence electrons. The van der Waals surface area contributed by atoms with E-state index in [1.54, 1.807) is 6.07 Å². The van der Waals surface area contributed by atoms with Gasteiger partial charge in [0.25, 0.3) is 0 Å². The first-order valence-corrected chi connectivity index (χ1v) is 6.43. The van der Waals surface area contributed by atoms with Crippen LogP contribution in [0.2, 0.25) is 0 Å². The Morgan fingerprint density at radius 3 is 2.53 bits per heavy atom. The summed E-state index contributed by atoms with van der Waals surface area (Å²) in [5.74, 6) is 3.05. The van der Waals surface area contributed by atoms with E-state index in [0.29, 0.717) is 5.82 Å². The zero-order chi connectivity index (χ0) is 13.1. The summed E-state index contributed by atoms with van der Waals surface area (Å²) >= 11 is 0. The minimum Gasteiger partial charge on any atom is -0.357 e. The third-order valence-electron chi connectivity index (χ3n) is 2.13. The number of rotatable bonds is 4. The van der Waals surface area contributed by atoms with Crippen LogP contribution in [0.3, 0.4) is 0 Å². The van der Waals surface area contributed by atoms with E-state index in [9.17, 15) is 8.42 Å². The van der Waals surface area contributed by atoms with Gasteiger partial charge in [0.15, 0.2) is 0 Å². The van der Waals surface area contributed by atoms with Crippen molar-refractivity contribution in [3.8, 4) is 12.3 Å². The maximum absolute atomic E-state index is 11.8. The number of aromatic nitrogens is 1. The minimum atomic E-state index is -3.42. The molecule has 1 atom stereocenters. The molecule has 5 nitrogen and oxygen atoms in total. The molecule has 0 spiro atoms. The van der Waals surface area contributed by atoms with Crippen molar-refractivity contribution in [2.24, 2.45) is 0 Å². The fourth-order valence-electron chi connectivity index (χ4n) is 1.09. The van der Waals surface area contributed by atoms with Crippen LogP contribution >= 0.6 is 0 Å². The zero-order valence-corrected chi connectivity index (χ0v) is 10.8. The molecule has 1 aromatic heterocycles. The first kappa shape index (κ1) is 13.5. The van der Waals surface area contributed by atoms with Crippen LogP contribution in [0.4, 0.5) is 5.82 Å². The number of nitrogens with one attached hydrogen (secondary N) is 1. The molecule has 0 saturated carbocycles. The largest absolute Gasteiger partial charge is 0.357 e. The van der Waals surface area contributed by atoms with Gasteiger partial charge in [0.1, 0.15) is 10.7 Å². The van der Waals surface area contributed by atoms with Gasteiger partial charge in [0.05, 0.1) is 6.04 Å². The van der Waals surface area contributed by atoms with Crippen LogP contribution in [-0.4, -0.2) is 37.8 Å². The molecule has 0 aliphatic carbocycles. The molecule has 0 saturated heterocycles. The Morgan fingerprint density at radius 2 is 2.12 bits per heavy atom. The van der Waals surface area contributed by atoms with Crippen molar-refractivity contribution in [2.75, 3.05) is 19.4 Å². The van der Waals surface area contributed by atoms with Crippen LogP contribution in [0.1, 0.15) is 6.92 Å². The van der Waals surface area contributed by atoms with E-state index >= 15 is 0 Å². The fraction of sp³-hybridized carbons (Fsp3) is 0.364. The van der Waals surface area contributed by atoms with Gasteiger partial charge in [-0.1, -0.05) is 5.92 Å². The summed E-state index contributed by atoms with van der Waals surface area (Å²) in [6, 6.07) is 2.93. The Bertz CT molecular complexity index is 515. The van der Waals surface area contributed by atoms with Gasteiger partial charge in [-0.15, -0.1) is 6.42 Å². The Morgan fingerprint density at radius 1 is 1.47 bits per heavy atom. The molecule has 6 heteroatoms. The van der Waals surface area contributed by atoms with Crippen molar-refractivity contribution in [3.63, 3.8) is 0 Å². The second-order valence-corrected chi connectivity index (χ2v) is 5.85. The van der Waals surface area contributed by atoms with Crippen molar-refractivity contribution in [1.29, 1.82) is 0 Å². The van der Waals surface area contributed by atoms with Crippen LogP contribution in [0.5, 0.6) is 0 Å². The summed E-state index contributed by atoms with van der Waals surface area (Å²) in [5, 5.41) is 2.94. The third-order valence-corrected chi connectivity index (χ3v) is 3.93. The smallest absolute Gasteiger partial charge is 0.244 e. The monoisotopic (exact) mass is 253 g/mol. The number of nitrogens with zero attached hydrogens (tertiary/aromatic N) is 2. The molecule has 0 aromatic carbocycles. The summed E-state index contributed by atoms with van der Waals surface area (Å²) in [7, 11) is -0.477. The molecule has 1 unspecified atom stereocenters. The third kappa shape index (κ3) is 3.19. The Balaban J connectivity index is 2.94. The summed E-state index contributed by atoms with van der Waals surface area (Å²) < 4.78 is 24.6. The lowest BCUT2D eigenvalue weighted by Gasteiger charge is -2.12. The molecule has 0 bridgehead atoms. The van der Waals surface area contributed by atoms with E-state index in [1.807, 2.05) is 6.92 Å². The summed E-state index contributed by atoms with van der Waals surface area (Å²) in [6.45, 7) is 1.81. The number of anilines is 1. The summed E-state index contributed by atoms with van der Waals surface area (Å²) in [5.41, 5.74) is 0. The summed E-state index contributed by atoms with van der Waals surface area (Å²) in [4.78, 5) is 4.16. The highest BCUT2D eigenvalue weighted by molar-refractivity contribution is 7.89. The molecule has 0 aliphatic heterocycles. The second-order valence-electron chi connectivity index (χ2n) is 3.70. The number of pyridine rings is 1. The van der Waals surface area contributed by atoms with E-state index < -0.39 is 10.0 Å². The van der Waals surface area contributed by atoms with Crippen molar-refractivity contribution in [3.05, 3.63) is 18.3 Å². The number of terminal acetylenes is 1. The quantitative estimate of drug-likeness (QED) is 0.805. The molecular formula is C11H15N3O2S. The van der Waals surface area contributed by atoms with Gasteiger partial charge in [0, 0.05) is 20.3 Å². The highest BCUT2D eigenvalue weighted by Crippen LogP contribution is 2.14. The molecule has 1 aromatic rings. The van der Waals surface area contributed by atoms with E-state index in [0.717, 1.165) is 4.31 Å².